The standard InChI is InChI=1S/C54H36N2SSi/c1-5-17-37(18-6-1)55(39-29-31-44-43-25-13-15-27-48(43)56(49(44)35-39)38-19-7-2-8-20-38)40-30-32-47-52(36-40)58(41-21-9-3-10-22-41,42-23-11-4-12-24-42)51-34-33-46-45-26-14-16-28-50(45)57-54(46)53(47)51/h1-36H. The molecule has 0 N–H and O–H groups in total. The van der Waals surface area contributed by atoms with E-state index < -0.39 is 8.07 Å². The summed E-state index contributed by atoms with van der Waals surface area (Å²) in [5.74, 6) is 0. The molecule has 0 radical (unpaired) electrons. The van der Waals surface area contributed by atoms with Crippen LogP contribution in [-0.4, -0.2) is 12.6 Å². The molecule has 58 heavy (non-hydrogen) atoms. The van der Waals surface area contributed by atoms with Crippen LogP contribution < -0.4 is 25.6 Å². The van der Waals surface area contributed by atoms with E-state index >= 15 is 0 Å². The van der Waals surface area contributed by atoms with E-state index in [1.165, 1.54) is 73.9 Å². The summed E-state index contributed by atoms with van der Waals surface area (Å²) in [6.45, 7) is 0. The molecule has 0 saturated heterocycles. The Balaban J connectivity index is 1.16. The first-order valence-electron chi connectivity index (χ1n) is 19.9. The van der Waals surface area contributed by atoms with E-state index in [0.29, 0.717) is 0 Å². The first kappa shape index (κ1) is 33.2. The second kappa shape index (κ2) is 13.0. The van der Waals surface area contributed by atoms with Crippen molar-refractivity contribution in [3.8, 4) is 16.8 Å². The smallest absolute Gasteiger partial charge is 0.181 e. The van der Waals surface area contributed by atoms with E-state index in [4.69, 9.17) is 0 Å². The Morgan fingerprint density at radius 3 is 1.71 bits per heavy atom. The van der Waals surface area contributed by atoms with Gasteiger partial charge in [0, 0.05) is 53.7 Å². The van der Waals surface area contributed by atoms with Gasteiger partial charge in [-0.2, -0.15) is 0 Å². The van der Waals surface area contributed by atoms with Gasteiger partial charge in [-0.25, -0.2) is 0 Å². The number of hydrogen-bond donors (Lipinski definition) is 0. The summed E-state index contributed by atoms with van der Waals surface area (Å²) in [4.78, 5) is 2.46. The van der Waals surface area contributed by atoms with Crippen LogP contribution in [0.4, 0.5) is 17.1 Å². The quantitative estimate of drug-likeness (QED) is 0.153. The van der Waals surface area contributed by atoms with Crippen LogP contribution in [-0.2, 0) is 0 Å². The van der Waals surface area contributed by atoms with Crippen molar-refractivity contribution in [1.82, 2.24) is 4.57 Å². The highest BCUT2D eigenvalue weighted by molar-refractivity contribution is 7.28. The van der Waals surface area contributed by atoms with E-state index in [1.807, 2.05) is 11.3 Å². The Labute approximate surface area is 342 Å². The zero-order valence-electron chi connectivity index (χ0n) is 31.6. The van der Waals surface area contributed by atoms with Gasteiger partial charge in [0.2, 0.25) is 0 Å². The fourth-order valence-electron chi connectivity index (χ4n) is 9.86. The highest BCUT2D eigenvalue weighted by atomic mass is 32.1. The summed E-state index contributed by atoms with van der Waals surface area (Å²) in [7, 11) is -2.81. The molecule has 2 aromatic heterocycles. The zero-order valence-corrected chi connectivity index (χ0v) is 33.4. The lowest BCUT2D eigenvalue weighted by Crippen LogP contribution is -2.72. The molecule has 1 aliphatic heterocycles. The molecule has 4 heteroatoms. The maximum absolute atomic E-state index is 2.81. The number of thiophene rings is 1. The summed E-state index contributed by atoms with van der Waals surface area (Å²) >= 11 is 1.94. The summed E-state index contributed by atoms with van der Waals surface area (Å²) in [6.07, 6.45) is 0. The summed E-state index contributed by atoms with van der Waals surface area (Å²) in [6, 6.07) is 81.3. The number of fused-ring (bicyclic) bond motifs is 10. The van der Waals surface area contributed by atoms with Crippen molar-refractivity contribution in [2.24, 2.45) is 0 Å². The topological polar surface area (TPSA) is 8.17 Å². The lowest BCUT2D eigenvalue weighted by atomic mass is 10.0. The minimum atomic E-state index is -2.81. The zero-order chi connectivity index (χ0) is 38.2. The third-order valence-electron chi connectivity index (χ3n) is 12.2. The van der Waals surface area contributed by atoms with E-state index in [0.717, 1.165) is 22.7 Å². The summed E-state index contributed by atoms with van der Waals surface area (Å²) in [5, 5.41) is 10.9. The molecule has 0 atom stereocenters. The van der Waals surface area contributed by atoms with Crippen LogP contribution in [0.5, 0.6) is 0 Å². The monoisotopic (exact) mass is 772 g/mol. The fourth-order valence-corrected chi connectivity index (χ4v) is 16.4. The van der Waals surface area contributed by atoms with Crippen LogP contribution >= 0.6 is 11.3 Å². The van der Waals surface area contributed by atoms with Crippen LogP contribution in [0.1, 0.15) is 0 Å². The van der Waals surface area contributed by atoms with E-state index in [1.54, 1.807) is 0 Å². The van der Waals surface area contributed by atoms with Gasteiger partial charge in [0.25, 0.3) is 0 Å². The van der Waals surface area contributed by atoms with E-state index in [2.05, 4.69) is 228 Å². The lowest BCUT2D eigenvalue weighted by Gasteiger charge is -2.32. The maximum Gasteiger partial charge on any atom is 0.181 e. The van der Waals surface area contributed by atoms with Gasteiger partial charge in [-0.15, -0.1) is 11.3 Å². The van der Waals surface area contributed by atoms with Crippen molar-refractivity contribution in [2.75, 3.05) is 4.90 Å². The van der Waals surface area contributed by atoms with Crippen molar-refractivity contribution >= 4 is 99.2 Å². The molecule has 12 rings (SSSR count). The number of benzene rings is 9. The molecule has 0 saturated carbocycles. The van der Waals surface area contributed by atoms with Gasteiger partial charge < -0.3 is 9.47 Å². The number of rotatable bonds is 6. The minimum Gasteiger partial charge on any atom is -0.310 e. The predicted octanol–water partition coefficient (Wildman–Crippen LogP) is 12.0. The first-order valence-corrected chi connectivity index (χ1v) is 22.8. The van der Waals surface area contributed by atoms with Gasteiger partial charge in [0.1, 0.15) is 0 Å². The van der Waals surface area contributed by atoms with Gasteiger partial charge in [0.05, 0.1) is 11.0 Å². The second-order valence-electron chi connectivity index (χ2n) is 15.2. The normalized spacial score (nSPS) is 13.0. The molecule has 9 aromatic carbocycles. The SMILES string of the molecule is c1ccc(N(c2ccc3c(c2)[Si](c2ccccc2)(c2ccccc2)c2ccc4c(sc5ccccc54)c2-3)c2ccc3c4ccccc4n(-c4ccccc4)c3c2)cc1. The molecule has 0 fully saturated rings. The van der Waals surface area contributed by atoms with Crippen LogP contribution in [0.2, 0.25) is 0 Å². The first-order chi connectivity index (χ1) is 28.8. The van der Waals surface area contributed by atoms with Gasteiger partial charge in [-0.3, -0.25) is 0 Å². The Bertz CT molecular complexity index is 3300. The minimum absolute atomic E-state index is 1.12. The van der Waals surface area contributed by atoms with Crippen molar-refractivity contribution in [1.29, 1.82) is 0 Å². The Morgan fingerprint density at radius 1 is 0.397 bits per heavy atom. The molecule has 1 aliphatic rings. The average Bonchev–Trinajstić information content (AvgIpc) is 3.94. The highest BCUT2D eigenvalue weighted by Crippen LogP contribution is 2.45. The molecule has 2 nitrogen and oxygen atoms in total. The van der Waals surface area contributed by atoms with Gasteiger partial charge >= 0.3 is 0 Å². The average molecular weight is 773 g/mol. The van der Waals surface area contributed by atoms with Crippen molar-refractivity contribution in [3.05, 3.63) is 218 Å². The van der Waals surface area contributed by atoms with Crippen LogP contribution in [0.15, 0.2) is 218 Å². The molecular weight excluding hydrogens is 737 g/mol. The van der Waals surface area contributed by atoms with Gasteiger partial charge in [-0.05, 0) is 92.5 Å². The number of nitrogens with zero attached hydrogens (tertiary/aromatic N) is 2. The molecule has 0 bridgehead atoms. The third-order valence-corrected chi connectivity index (χ3v) is 18.3. The van der Waals surface area contributed by atoms with Crippen LogP contribution in [0.3, 0.4) is 0 Å². The maximum atomic E-state index is 2.55. The van der Waals surface area contributed by atoms with E-state index in [9.17, 15) is 0 Å². The fraction of sp³-hybridized carbons (Fsp3) is 0. The van der Waals surface area contributed by atoms with E-state index in [-0.39, 0.29) is 0 Å². The Morgan fingerprint density at radius 2 is 0.966 bits per heavy atom. The second-order valence-corrected chi connectivity index (χ2v) is 20.0. The highest BCUT2D eigenvalue weighted by Gasteiger charge is 2.49. The summed E-state index contributed by atoms with van der Waals surface area (Å²) < 4.78 is 5.13. The predicted molar refractivity (Wildman–Crippen MR) is 251 cm³/mol. The van der Waals surface area contributed by atoms with Crippen LogP contribution in [0.25, 0.3) is 58.8 Å². The number of para-hydroxylation sites is 3. The number of aromatic nitrogens is 1. The summed E-state index contributed by atoms with van der Waals surface area (Å²) in [5.41, 5.74) is 9.69. The molecule has 272 valence electrons. The molecule has 0 spiro atoms. The molecule has 0 aliphatic carbocycles. The Hall–Kier alpha value is -6.98. The van der Waals surface area contributed by atoms with Crippen molar-refractivity contribution in [2.45, 2.75) is 0 Å². The van der Waals surface area contributed by atoms with Crippen molar-refractivity contribution in [3.63, 3.8) is 0 Å². The number of anilines is 3. The van der Waals surface area contributed by atoms with Crippen molar-refractivity contribution < 1.29 is 0 Å². The van der Waals surface area contributed by atoms with Crippen LogP contribution in [0, 0.1) is 0 Å². The largest absolute Gasteiger partial charge is 0.310 e. The molecular formula is C54H36N2SSi. The molecule has 0 amide bonds. The van der Waals surface area contributed by atoms with Gasteiger partial charge in [-0.1, -0.05) is 158 Å². The number of hydrogen-bond acceptors (Lipinski definition) is 2. The molecule has 11 aromatic rings. The third kappa shape index (κ3) is 4.76. The van der Waals surface area contributed by atoms with Gasteiger partial charge in [0.15, 0.2) is 8.07 Å². The molecule has 3 heterocycles. The lowest BCUT2D eigenvalue weighted by molar-refractivity contribution is 1.18. The Kier molecular flexibility index (Phi) is 7.46. The molecule has 0 unspecified atom stereocenters.